The maximum atomic E-state index is 13.5. The van der Waals surface area contributed by atoms with Gasteiger partial charge in [0.25, 0.3) is 5.91 Å². The number of hydrogen-bond acceptors (Lipinski definition) is 5. The number of fused-ring (bicyclic) bond motifs is 2. The van der Waals surface area contributed by atoms with Gasteiger partial charge in [-0.15, -0.1) is 0 Å². The Morgan fingerprint density at radius 1 is 1.09 bits per heavy atom. The Balaban J connectivity index is 1.65. The van der Waals surface area contributed by atoms with Gasteiger partial charge < -0.3 is 30.3 Å². The van der Waals surface area contributed by atoms with E-state index in [1.807, 2.05) is 32.0 Å². The van der Waals surface area contributed by atoms with Crippen LogP contribution in [0.4, 0.5) is 10.5 Å². The summed E-state index contributed by atoms with van der Waals surface area (Å²) in [6.07, 6.45) is 0.497. The highest BCUT2D eigenvalue weighted by Gasteiger charge is 2.45. The van der Waals surface area contributed by atoms with E-state index in [-0.39, 0.29) is 23.9 Å². The summed E-state index contributed by atoms with van der Waals surface area (Å²) in [5.74, 6) is 0.702. The summed E-state index contributed by atoms with van der Waals surface area (Å²) in [4.78, 5) is 40.2. The van der Waals surface area contributed by atoms with Crippen molar-refractivity contribution < 1.29 is 23.9 Å². The van der Waals surface area contributed by atoms with Crippen LogP contribution in [0.3, 0.4) is 0 Å². The molecule has 9 heteroatoms. The van der Waals surface area contributed by atoms with Gasteiger partial charge in [-0.05, 0) is 50.1 Å². The fourth-order valence-corrected chi connectivity index (χ4v) is 4.36. The lowest BCUT2D eigenvalue weighted by atomic mass is 10.00. The number of rotatable bonds is 5. The minimum Gasteiger partial charge on any atom is -0.497 e. The minimum absolute atomic E-state index is 0.0373. The lowest BCUT2D eigenvalue weighted by molar-refractivity contribution is -0.120. The molecule has 0 aliphatic carbocycles. The van der Waals surface area contributed by atoms with E-state index in [1.165, 1.54) is 4.90 Å². The molecule has 2 aliphatic rings. The van der Waals surface area contributed by atoms with Gasteiger partial charge in [-0.3, -0.25) is 9.59 Å². The highest BCUT2D eigenvalue weighted by molar-refractivity contribution is 6.11. The topological polar surface area (TPSA) is 109 Å². The van der Waals surface area contributed by atoms with Gasteiger partial charge in [-0.2, -0.15) is 0 Å². The molecule has 1 fully saturated rings. The summed E-state index contributed by atoms with van der Waals surface area (Å²) in [6.45, 7) is 4.09. The van der Waals surface area contributed by atoms with E-state index in [2.05, 4.69) is 16.0 Å². The Hall–Kier alpha value is -3.75. The number of benzene rings is 2. The third-order valence-electron chi connectivity index (χ3n) is 5.89. The molecule has 33 heavy (non-hydrogen) atoms. The van der Waals surface area contributed by atoms with Crippen molar-refractivity contribution in [1.29, 1.82) is 0 Å². The minimum atomic E-state index is -0.776. The molecule has 0 radical (unpaired) electrons. The molecule has 2 aromatic carbocycles. The molecule has 2 atom stereocenters. The van der Waals surface area contributed by atoms with E-state index in [0.29, 0.717) is 35.7 Å². The number of nitrogens with one attached hydrogen (secondary N) is 3. The maximum absolute atomic E-state index is 13.5. The van der Waals surface area contributed by atoms with Crippen LogP contribution in [-0.2, 0) is 4.79 Å². The second-order valence-corrected chi connectivity index (χ2v) is 8.43. The van der Waals surface area contributed by atoms with Crippen LogP contribution in [0.25, 0.3) is 11.1 Å². The SMILES string of the molecule is COc1ccc(-c2ccc3c(c2)C(=O)N2CCC(NC(=O)NC(C)C)C2C(=O)N3)c(OC)c1. The Morgan fingerprint density at radius 3 is 2.58 bits per heavy atom. The van der Waals surface area contributed by atoms with E-state index in [4.69, 9.17) is 9.47 Å². The summed E-state index contributed by atoms with van der Waals surface area (Å²) in [6, 6.07) is 9.14. The van der Waals surface area contributed by atoms with Crippen molar-refractivity contribution >= 4 is 23.5 Å². The summed E-state index contributed by atoms with van der Waals surface area (Å²) in [7, 11) is 3.16. The first-order valence-electron chi connectivity index (χ1n) is 10.9. The third kappa shape index (κ3) is 4.30. The summed E-state index contributed by atoms with van der Waals surface area (Å²) >= 11 is 0. The zero-order valence-electron chi connectivity index (χ0n) is 19.1. The first kappa shape index (κ1) is 22.4. The van der Waals surface area contributed by atoms with Crippen LogP contribution in [0.15, 0.2) is 36.4 Å². The Bertz CT molecular complexity index is 1100. The van der Waals surface area contributed by atoms with Crippen molar-refractivity contribution in [2.24, 2.45) is 0 Å². The summed E-state index contributed by atoms with van der Waals surface area (Å²) < 4.78 is 10.8. The van der Waals surface area contributed by atoms with Crippen LogP contribution >= 0.6 is 0 Å². The van der Waals surface area contributed by atoms with Crippen LogP contribution in [0.1, 0.15) is 30.6 Å². The number of anilines is 1. The fraction of sp³-hybridized carbons (Fsp3) is 0.375. The monoisotopic (exact) mass is 452 g/mol. The standard InChI is InChI=1S/C24H28N4O5/c1-13(2)25-24(31)27-19-9-10-28-21(19)22(29)26-18-8-5-14(11-17(18)23(28)30)16-7-6-15(32-3)12-20(16)33-4/h5-8,11-13,19,21H,9-10H2,1-4H3,(H,26,29)(H2,25,27,31). The lowest BCUT2D eigenvalue weighted by Gasteiger charge is -2.25. The van der Waals surface area contributed by atoms with Gasteiger partial charge in [-0.1, -0.05) is 6.07 Å². The van der Waals surface area contributed by atoms with E-state index in [1.54, 1.807) is 32.4 Å². The van der Waals surface area contributed by atoms with Crippen LogP contribution in [0, 0.1) is 0 Å². The molecule has 4 amide bonds. The largest absolute Gasteiger partial charge is 0.497 e. The van der Waals surface area contributed by atoms with Crippen LogP contribution in [0.5, 0.6) is 11.5 Å². The third-order valence-corrected chi connectivity index (χ3v) is 5.89. The molecule has 1 saturated heterocycles. The average molecular weight is 453 g/mol. The summed E-state index contributed by atoms with van der Waals surface area (Å²) in [5, 5.41) is 8.48. The molecule has 2 aliphatic heterocycles. The van der Waals surface area contributed by atoms with Crippen LogP contribution in [0.2, 0.25) is 0 Å². The Kier molecular flexibility index (Phi) is 6.13. The smallest absolute Gasteiger partial charge is 0.315 e. The Labute approximate surface area is 192 Å². The van der Waals surface area contributed by atoms with E-state index in [0.717, 1.165) is 11.1 Å². The van der Waals surface area contributed by atoms with Gasteiger partial charge in [0.15, 0.2) is 0 Å². The highest BCUT2D eigenvalue weighted by atomic mass is 16.5. The van der Waals surface area contributed by atoms with Crippen molar-refractivity contribution in [3.63, 3.8) is 0 Å². The van der Waals surface area contributed by atoms with E-state index >= 15 is 0 Å². The number of urea groups is 1. The van der Waals surface area contributed by atoms with Gasteiger partial charge in [0, 0.05) is 24.2 Å². The predicted octanol–water partition coefficient (Wildman–Crippen LogP) is 2.61. The summed E-state index contributed by atoms with van der Waals surface area (Å²) in [5.41, 5.74) is 2.42. The van der Waals surface area contributed by atoms with Crippen molar-refractivity contribution in [1.82, 2.24) is 15.5 Å². The van der Waals surface area contributed by atoms with Gasteiger partial charge in [0.2, 0.25) is 5.91 Å². The second-order valence-electron chi connectivity index (χ2n) is 8.43. The lowest BCUT2D eigenvalue weighted by Crippen LogP contribution is -2.54. The number of carbonyl (C=O) groups is 3. The maximum Gasteiger partial charge on any atom is 0.315 e. The van der Waals surface area contributed by atoms with Crippen LogP contribution < -0.4 is 25.4 Å². The van der Waals surface area contributed by atoms with Crippen molar-refractivity contribution in [3.05, 3.63) is 42.0 Å². The number of methoxy groups -OCH3 is 2. The van der Waals surface area contributed by atoms with E-state index in [9.17, 15) is 14.4 Å². The number of amides is 4. The van der Waals surface area contributed by atoms with Gasteiger partial charge >= 0.3 is 6.03 Å². The molecule has 2 unspecified atom stereocenters. The number of nitrogens with zero attached hydrogens (tertiary/aromatic N) is 1. The average Bonchev–Trinajstić information content (AvgIpc) is 3.17. The number of hydrogen-bond donors (Lipinski definition) is 3. The molecule has 9 nitrogen and oxygen atoms in total. The molecule has 2 heterocycles. The quantitative estimate of drug-likeness (QED) is 0.646. The normalized spacial score (nSPS) is 19.4. The second kappa shape index (κ2) is 9.01. The molecule has 4 rings (SSSR count). The fourth-order valence-electron chi connectivity index (χ4n) is 4.36. The first-order chi connectivity index (χ1) is 15.8. The van der Waals surface area contributed by atoms with Gasteiger partial charge in [0.05, 0.1) is 31.5 Å². The van der Waals surface area contributed by atoms with Gasteiger partial charge in [-0.25, -0.2) is 4.79 Å². The zero-order chi connectivity index (χ0) is 23.7. The molecule has 0 saturated carbocycles. The molecule has 0 aromatic heterocycles. The zero-order valence-corrected chi connectivity index (χ0v) is 19.1. The predicted molar refractivity (Wildman–Crippen MR) is 124 cm³/mol. The molecule has 3 N–H and O–H groups in total. The van der Waals surface area contributed by atoms with E-state index < -0.39 is 12.1 Å². The molecular weight excluding hydrogens is 424 g/mol. The molecule has 0 spiro atoms. The van der Waals surface area contributed by atoms with Crippen molar-refractivity contribution in [3.8, 4) is 22.6 Å². The highest BCUT2D eigenvalue weighted by Crippen LogP contribution is 2.37. The number of carbonyl (C=O) groups excluding carboxylic acids is 3. The molecular formula is C24H28N4O5. The number of ether oxygens (including phenoxy) is 2. The molecule has 174 valence electrons. The van der Waals surface area contributed by atoms with Crippen molar-refractivity contribution in [2.75, 3.05) is 26.1 Å². The molecule has 2 aromatic rings. The Morgan fingerprint density at radius 2 is 1.88 bits per heavy atom. The molecule has 0 bridgehead atoms. The van der Waals surface area contributed by atoms with Crippen LogP contribution in [-0.4, -0.2) is 61.6 Å². The van der Waals surface area contributed by atoms with Gasteiger partial charge in [0.1, 0.15) is 17.5 Å². The first-order valence-corrected chi connectivity index (χ1v) is 10.9. The van der Waals surface area contributed by atoms with Crippen molar-refractivity contribution in [2.45, 2.75) is 38.4 Å².